The summed E-state index contributed by atoms with van der Waals surface area (Å²) in [5.74, 6) is 1.76. The van der Waals surface area contributed by atoms with Crippen LogP contribution in [0.1, 0.15) is 34.8 Å². The van der Waals surface area contributed by atoms with Crippen LogP contribution in [-0.2, 0) is 22.5 Å². The molecule has 2 atom stereocenters. The summed E-state index contributed by atoms with van der Waals surface area (Å²) in [6.45, 7) is 0.610. The van der Waals surface area contributed by atoms with Crippen LogP contribution in [-0.4, -0.2) is 49.9 Å². The van der Waals surface area contributed by atoms with E-state index in [2.05, 4.69) is 21.2 Å². The average molecular weight is 728 g/mol. The Balaban J connectivity index is 1.59. The van der Waals surface area contributed by atoms with Gasteiger partial charge in [0.25, 0.3) is 5.91 Å². The topological polar surface area (TPSA) is 98.6 Å². The molecular formula is C35H33BrCl2N2O6. The lowest BCUT2D eigenvalue weighted by molar-refractivity contribution is -0.129. The van der Waals surface area contributed by atoms with Gasteiger partial charge in [-0.15, -0.1) is 0 Å². The van der Waals surface area contributed by atoms with Crippen molar-refractivity contribution in [1.29, 1.82) is 0 Å². The number of aliphatic hydroxyl groups is 1. The summed E-state index contributed by atoms with van der Waals surface area (Å²) in [6.07, 6.45) is -0.187. The Kier molecular flexibility index (Phi) is 11.1. The number of carbonyl (C=O) groups excluding carboxylic acids is 1. The third-order valence-corrected chi connectivity index (χ3v) is 8.89. The Labute approximate surface area is 286 Å². The molecule has 1 heterocycles. The highest BCUT2D eigenvalue weighted by atomic mass is 79.9. The monoisotopic (exact) mass is 726 g/mol. The molecule has 0 saturated carbocycles. The molecule has 0 radical (unpaired) electrons. The maximum Gasteiger partial charge on any atom is 0.252 e. The van der Waals surface area contributed by atoms with Gasteiger partial charge in [0, 0.05) is 57.7 Å². The minimum atomic E-state index is -1.48. The molecule has 8 nitrogen and oxygen atoms in total. The van der Waals surface area contributed by atoms with E-state index in [1.54, 1.807) is 50.6 Å². The number of hydrogen-bond donors (Lipinski definition) is 2. The Morgan fingerprint density at radius 1 is 0.978 bits per heavy atom. The highest BCUT2D eigenvalue weighted by Gasteiger charge is 2.54. The Hall–Kier alpha value is -3.76. The molecule has 0 aliphatic carbocycles. The molecule has 4 aromatic rings. The third-order valence-electron chi connectivity index (χ3n) is 7.56. The van der Waals surface area contributed by atoms with Crippen LogP contribution in [0.5, 0.6) is 17.2 Å². The number of nitrogens with zero attached hydrogens (tertiary/aromatic N) is 1. The molecule has 0 unspecified atom stereocenters. The van der Waals surface area contributed by atoms with Gasteiger partial charge in [-0.05, 0) is 65.7 Å². The van der Waals surface area contributed by atoms with Crippen LogP contribution in [0, 0.1) is 0 Å². The second-order valence-corrected chi connectivity index (χ2v) is 12.3. The van der Waals surface area contributed by atoms with E-state index in [0.717, 1.165) is 15.6 Å². The molecule has 0 aromatic heterocycles. The predicted octanol–water partition coefficient (Wildman–Crippen LogP) is 7.35. The molecule has 240 valence electrons. The van der Waals surface area contributed by atoms with Crippen molar-refractivity contribution in [1.82, 2.24) is 5.32 Å². The minimum absolute atomic E-state index is 0.0460. The molecule has 11 heteroatoms. The van der Waals surface area contributed by atoms with Gasteiger partial charge in [-0.2, -0.15) is 0 Å². The van der Waals surface area contributed by atoms with E-state index in [4.69, 9.17) is 52.2 Å². The average Bonchev–Trinajstić information content (AvgIpc) is 3.45. The first kappa shape index (κ1) is 33.6. The van der Waals surface area contributed by atoms with Gasteiger partial charge < -0.3 is 29.4 Å². The lowest BCUT2D eigenvalue weighted by Gasteiger charge is -2.31. The number of aliphatic imine (C=N–C) groups is 1. The van der Waals surface area contributed by atoms with Gasteiger partial charge in [0.15, 0.2) is 11.6 Å². The Morgan fingerprint density at radius 3 is 2.35 bits per heavy atom. The summed E-state index contributed by atoms with van der Waals surface area (Å²) in [6, 6.07) is 25.5. The minimum Gasteiger partial charge on any atom is -0.497 e. The Morgan fingerprint density at radius 2 is 1.70 bits per heavy atom. The number of halogens is 3. The molecule has 0 bridgehead atoms. The second-order valence-electron chi connectivity index (χ2n) is 10.6. The van der Waals surface area contributed by atoms with Crippen LogP contribution in [0.4, 0.5) is 0 Å². The normalized spacial score (nSPS) is 17.2. The lowest BCUT2D eigenvalue weighted by Crippen LogP contribution is -2.49. The van der Waals surface area contributed by atoms with Crippen molar-refractivity contribution in [3.05, 3.63) is 122 Å². The van der Waals surface area contributed by atoms with Crippen LogP contribution < -0.4 is 19.5 Å². The summed E-state index contributed by atoms with van der Waals surface area (Å²) in [4.78, 5) is 19.7. The number of carbonyl (C=O) groups is 1. The van der Waals surface area contributed by atoms with Crippen molar-refractivity contribution in [3.8, 4) is 17.2 Å². The maximum absolute atomic E-state index is 14.6. The van der Waals surface area contributed by atoms with E-state index in [-0.39, 0.29) is 31.4 Å². The van der Waals surface area contributed by atoms with Gasteiger partial charge in [0.2, 0.25) is 5.90 Å². The fourth-order valence-electron chi connectivity index (χ4n) is 5.21. The number of ether oxygens (including phenoxy) is 4. The van der Waals surface area contributed by atoms with E-state index < -0.39 is 11.6 Å². The van der Waals surface area contributed by atoms with Gasteiger partial charge in [-0.1, -0.05) is 63.4 Å². The number of hydrogen-bond acceptors (Lipinski definition) is 7. The first-order valence-electron chi connectivity index (χ1n) is 14.6. The molecule has 46 heavy (non-hydrogen) atoms. The molecule has 0 saturated heterocycles. The van der Waals surface area contributed by atoms with Gasteiger partial charge in [-0.3, -0.25) is 4.79 Å². The number of rotatable bonds is 13. The van der Waals surface area contributed by atoms with E-state index in [1.807, 2.05) is 48.5 Å². The highest BCUT2D eigenvalue weighted by Crippen LogP contribution is 2.45. The van der Waals surface area contributed by atoms with Crippen LogP contribution >= 0.6 is 39.1 Å². The smallest absolute Gasteiger partial charge is 0.252 e. The first-order valence-corrected chi connectivity index (χ1v) is 16.1. The third kappa shape index (κ3) is 7.61. The van der Waals surface area contributed by atoms with Crippen molar-refractivity contribution < 1.29 is 28.8 Å². The number of methoxy groups -OCH3 is 2. The van der Waals surface area contributed by atoms with Crippen molar-refractivity contribution in [2.24, 2.45) is 4.99 Å². The van der Waals surface area contributed by atoms with E-state index in [1.165, 1.54) is 0 Å². The summed E-state index contributed by atoms with van der Waals surface area (Å²) >= 11 is 16.7. The fourth-order valence-corrected chi connectivity index (χ4v) is 6.14. The molecule has 0 fully saturated rings. The summed E-state index contributed by atoms with van der Waals surface area (Å²) in [7, 11) is 3.15. The van der Waals surface area contributed by atoms with Crippen LogP contribution in [0.3, 0.4) is 0 Å². The lowest BCUT2D eigenvalue weighted by atomic mass is 9.82. The van der Waals surface area contributed by atoms with Gasteiger partial charge in [0.1, 0.15) is 17.2 Å². The number of amides is 1. The van der Waals surface area contributed by atoms with E-state index >= 15 is 0 Å². The van der Waals surface area contributed by atoms with Crippen molar-refractivity contribution in [2.75, 3.05) is 27.4 Å². The zero-order valence-electron chi connectivity index (χ0n) is 25.3. The first-order chi connectivity index (χ1) is 22.3. The zero-order valence-corrected chi connectivity index (χ0v) is 28.4. The van der Waals surface area contributed by atoms with E-state index in [0.29, 0.717) is 51.4 Å². The molecule has 5 rings (SSSR count). The quantitative estimate of drug-likeness (QED) is 0.140. The molecule has 1 aliphatic heterocycles. The standard InChI is InChI=1S/C35H33BrCl2N2O6/c1-43-27-16-22(17-28(19-27)44-2)21-39-34(42)35(20-24-6-3-4-7-30(24)36)32(29-13-10-25(37)18-31(29)38)46-33(40-35)23-8-11-26(12-9-23)45-15-5-14-41/h3-4,6-13,16-19,32,41H,5,14-15,20-21H2,1-2H3,(H,39,42)/t32-,35-/m1/s1. The molecule has 1 amide bonds. The second kappa shape index (κ2) is 15.2. The summed E-state index contributed by atoms with van der Waals surface area (Å²) in [5.41, 5.74) is 1.39. The molecule has 1 aliphatic rings. The van der Waals surface area contributed by atoms with Crippen molar-refractivity contribution in [2.45, 2.75) is 31.0 Å². The van der Waals surface area contributed by atoms with Gasteiger partial charge >= 0.3 is 0 Å². The van der Waals surface area contributed by atoms with Crippen LogP contribution in [0.15, 0.2) is 94.4 Å². The fraction of sp³-hybridized carbons (Fsp3) is 0.257. The van der Waals surface area contributed by atoms with Crippen molar-refractivity contribution in [3.63, 3.8) is 0 Å². The molecule has 2 N–H and O–H groups in total. The zero-order chi connectivity index (χ0) is 32.7. The molecule has 0 spiro atoms. The maximum atomic E-state index is 14.6. The van der Waals surface area contributed by atoms with Crippen molar-refractivity contribution >= 4 is 50.9 Å². The summed E-state index contributed by atoms with van der Waals surface area (Å²) < 4.78 is 24.0. The summed E-state index contributed by atoms with van der Waals surface area (Å²) in [5, 5.41) is 13.0. The highest BCUT2D eigenvalue weighted by molar-refractivity contribution is 9.10. The van der Waals surface area contributed by atoms with Crippen LogP contribution in [0.25, 0.3) is 0 Å². The Bertz CT molecular complexity index is 1700. The molecular weight excluding hydrogens is 695 g/mol. The largest absolute Gasteiger partial charge is 0.497 e. The van der Waals surface area contributed by atoms with Crippen LogP contribution in [0.2, 0.25) is 10.0 Å². The predicted molar refractivity (Wildman–Crippen MR) is 182 cm³/mol. The number of benzene rings is 4. The molecule has 4 aromatic carbocycles. The van der Waals surface area contributed by atoms with Gasteiger partial charge in [-0.25, -0.2) is 4.99 Å². The number of nitrogens with one attached hydrogen (secondary N) is 1. The van der Waals surface area contributed by atoms with E-state index in [9.17, 15) is 4.79 Å². The number of aliphatic hydroxyl groups excluding tert-OH is 1. The van der Waals surface area contributed by atoms with Gasteiger partial charge in [0.05, 0.1) is 20.8 Å². The SMILES string of the molecule is COc1cc(CNC(=O)[C@]2(Cc3ccccc3Br)N=C(c3ccc(OCCCO)cc3)O[C@@H]2c2ccc(Cl)cc2Cl)cc(OC)c1.